The molecule has 0 aliphatic rings. The highest BCUT2D eigenvalue weighted by atomic mass is 32.1. The van der Waals surface area contributed by atoms with Crippen molar-refractivity contribution < 1.29 is 9.53 Å². The molecule has 1 aromatic carbocycles. The second-order valence-corrected chi connectivity index (χ2v) is 5.45. The molecule has 0 bridgehead atoms. The number of carbonyl (C=O) groups excluding carboxylic acids is 1. The Kier molecular flexibility index (Phi) is 3.71. The van der Waals surface area contributed by atoms with Gasteiger partial charge in [-0.2, -0.15) is 0 Å². The van der Waals surface area contributed by atoms with Crippen molar-refractivity contribution in [2.45, 2.75) is 20.5 Å². The van der Waals surface area contributed by atoms with Gasteiger partial charge in [0.15, 0.2) is 0 Å². The summed E-state index contributed by atoms with van der Waals surface area (Å²) in [5.74, 6) is -0.138. The Bertz CT molecular complexity index is 603. The number of aromatic nitrogens is 1. The molecule has 0 unspecified atom stereocenters. The number of thiazole rings is 1. The number of nitrogens with two attached hydrogens (primary N) is 2. The van der Waals surface area contributed by atoms with E-state index in [0.29, 0.717) is 18.0 Å². The van der Waals surface area contributed by atoms with Gasteiger partial charge in [0.05, 0.1) is 11.3 Å². The van der Waals surface area contributed by atoms with Crippen molar-refractivity contribution in [1.29, 1.82) is 0 Å². The van der Waals surface area contributed by atoms with Crippen molar-refractivity contribution in [3.63, 3.8) is 0 Å². The van der Waals surface area contributed by atoms with E-state index in [4.69, 9.17) is 16.2 Å². The SMILES string of the molecule is Cc1nc(COc2ccc(N)cc2C(N)=O)sc1C. The molecule has 1 amide bonds. The van der Waals surface area contributed by atoms with Crippen LogP contribution in [-0.2, 0) is 6.61 Å². The molecular formula is C13H15N3O2S. The lowest BCUT2D eigenvalue weighted by Crippen LogP contribution is -2.13. The third-order valence-electron chi connectivity index (χ3n) is 2.69. The first-order chi connectivity index (χ1) is 8.97. The summed E-state index contributed by atoms with van der Waals surface area (Å²) in [7, 11) is 0. The van der Waals surface area contributed by atoms with Crippen LogP contribution < -0.4 is 16.2 Å². The Morgan fingerprint density at radius 3 is 2.74 bits per heavy atom. The molecule has 0 radical (unpaired) electrons. The number of hydrogen-bond acceptors (Lipinski definition) is 5. The van der Waals surface area contributed by atoms with E-state index in [2.05, 4.69) is 4.98 Å². The molecule has 4 N–H and O–H groups in total. The molecule has 1 heterocycles. The Labute approximate surface area is 115 Å². The highest BCUT2D eigenvalue weighted by molar-refractivity contribution is 7.11. The van der Waals surface area contributed by atoms with Crippen LogP contribution in [0.3, 0.4) is 0 Å². The maximum atomic E-state index is 11.3. The molecule has 5 nitrogen and oxygen atoms in total. The van der Waals surface area contributed by atoms with Gasteiger partial charge in [-0.05, 0) is 32.0 Å². The summed E-state index contributed by atoms with van der Waals surface area (Å²) >= 11 is 1.57. The minimum atomic E-state index is -0.561. The summed E-state index contributed by atoms with van der Waals surface area (Å²) in [6.45, 7) is 4.27. The van der Waals surface area contributed by atoms with E-state index in [9.17, 15) is 4.79 Å². The first kappa shape index (κ1) is 13.4. The van der Waals surface area contributed by atoms with E-state index < -0.39 is 5.91 Å². The van der Waals surface area contributed by atoms with Crippen molar-refractivity contribution in [3.8, 4) is 5.75 Å². The van der Waals surface area contributed by atoms with Gasteiger partial charge < -0.3 is 16.2 Å². The molecule has 1 aromatic heterocycles. The van der Waals surface area contributed by atoms with Gasteiger partial charge in [-0.1, -0.05) is 0 Å². The molecule has 0 saturated carbocycles. The normalized spacial score (nSPS) is 10.4. The lowest BCUT2D eigenvalue weighted by Gasteiger charge is -2.08. The Morgan fingerprint density at radius 2 is 2.16 bits per heavy atom. The van der Waals surface area contributed by atoms with Gasteiger partial charge in [-0.25, -0.2) is 4.98 Å². The van der Waals surface area contributed by atoms with E-state index >= 15 is 0 Å². The van der Waals surface area contributed by atoms with Crippen LogP contribution in [0.1, 0.15) is 25.9 Å². The summed E-state index contributed by atoms with van der Waals surface area (Å²) in [5.41, 5.74) is 12.7. The van der Waals surface area contributed by atoms with Crippen LogP contribution in [0.2, 0.25) is 0 Å². The fourth-order valence-electron chi connectivity index (χ4n) is 1.61. The molecule has 2 rings (SSSR count). The Balaban J connectivity index is 2.17. The average molecular weight is 277 g/mol. The van der Waals surface area contributed by atoms with Gasteiger partial charge in [-0.15, -0.1) is 11.3 Å². The molecule has 6 heteroatoms. The fraction of sp³-hybridized carbons (Fsp3) is 0.231. The largest absolute Gasteiger partial charge is 0.486 e. The van der Waals surface area contributed by atoms with Crippen molar-refractivity contribution in [2.24, 2.45) is 5.73 Å². The lowest BCUT2D eigenvalue weighted by atomic mass is 10.1. The summed E-state index contributed by atoms with van der Waals surface area (Å²) < 4.78 is 5.60. The summed E-state index contributed by atoms with van der Waals surface area (Å²) in [5, 5.41) is 0.863. The predicted octanol–water partition coefficient (Wildman–Crippen LogP) is 2.02. The van der Waals surface area contributed by atoms with E-state index in [-0.39, 0.29) is 5.56 Å². The Morgan fingerprint density at radius 1 is 1.42 bits per heavy atom. The molecule has 0 aliphatic heterocycles. The lowest BCUT2D eigenvalue weighted by molar-refractivity contribution is 0.0996. The predicted molar refractivity (Wildman–Crippen MR) is 75.3 cm³/mol. The van der Waals surface area contributed by atoms with Gasteiger partial charge in [0.1, 0.15) is 17.4 Å². The minimum absolute atomic E-state index is 0.282. The standard InChI is InChI=1S/C13H15N3O2S/c1-7-8(2)19-12(16-7)6-18-11-4-3-9(14)5-10(11)13(15)17/h3-5H,6,14H2,1-2H3,(H2,15,17). The number of hydrogen-bond donors (Lipinski definition) is 2. The third kappa shape index (κ3) is 3.03. The zero-order valence-electron chi connectivity index (χ0n) is 10.8. The summed E-state index contributed by atoms with van der Waals surface area (Å²) in [6.07, 6.45) is 0. The zero-order chi connectivity index (χ0) is 14.0. The van der Waals surface area contributed by atoms with Crippen LogP contribution in [0.4, 0.5) is 5.69 Å². The van der Waals surface area contributed by atoms with Crippen molar-refractivity contribution in [3.05, 3.63) is 39.3 Å². The smallest absolute Gasteiger partial charge is 0.252 e. The topological polar surface area (TPSA) is 91.2 Å². The number of primary amides is 1. The number of nitrogens with zero attached hydrogens (tertiary/aromatic N) is 1. The molecule has 2 aromatic rings. The van der Waals surface area contributed by atoms with E-state index in [1.165, 1.54) is 6.07 Å². The van der Waals surface area contributed by atoms with Crippen LogP contribution in [0.25, 0.3) is 0 Å². The maximum Gasteiger partial charge on any atom is 0.252 e. The van der Waals surface area contributed by atoms with Crippen LogP contribution in [0.15, 0.2) is 18.2 Å². The summed E-state index contributed by atoms with van der Waals surface area (Å²) in [6, 6.07) is 4.82. The van der Waals surface area contributed by atoms with Crippen LogP contribution in [-0.4, -0.2) is 10.9 Å². The quantitative estimate of drug-likeness (QED) is 0.836. The van der Waals surface area contributed by atoms with E-state index in [1.807, 2.05) is 13.8 Å². The van der Waals surface area contributed by atoms with Crippen molar-refractivity contribution in [2.75, 3.05) is 5.73 Å². The molecular weight excluding hydrogens is 262 g/mol. The van der Waals surface area contributed by atoms with Gasteiger partial charge in [0.2, 0.25) is 0 Å². The van der Waals surface area contributed by atoms with Crippen LogP contribution in [0, 0.1) is 13.8 Å². The van der Waals surface area contributed by atoms with Gasteiger partial charge in [0, 0.05) is 10.6 Å². The number of benzene rings is 1. The molecule has 100 valence electrons. The number of ether oxygens (including phenoxy) is 1. The average Bonchev–Trinajstić information content (AvgIpc) is 2.67. The second kappa shape index (κ2) is 5.27. The Hall–Kier alpha value is -2.08. The zero-order valence-corrected chi connectivity index (χ0v) is 11.6. The molecule has 0 saturated heterocycles. The molecule has 0 spiro atoms. The fourth-order valence-corrected chi connectivity index (χ4v) is 2.45. The van der Waals surface area contributed by atoms with E-state index in [0.717, 1.165) is 15.6 Å². The van der Waals surface area contributed by atoms with Crippen LogP contribution >= 0.6 is 11.3 Å². The third-order valence-corrected chi connectivity index (χ3v) is 3.74. The van der Waals surface area contributed by atoms with E-state index in [1.54, 1.807) is 23.5 Å². The highest BCUT2D eigenvalue weighted by Gasteiger charge is 2.11. The van der Waals surface area contributed by atoms with Crippen molar-refractivity contribution in [1.82, 2.24) is 4.98 Å². The minimum Gasteiger partial charge on any atom is -0.486 e. The highest BCUT2D eigenvalue weighted by Crippen LogP contribution is 2.23. The number of aryl methyl sites for hydroxylation is 2. The molecule has 19 heavy (non-hydrogen) atoms. The first-order valence-corrected chi connectivity index (χ1v) is 6.54. The monoisotopic (exact) mass is 277 g/mol. The number of anilines is 1. The number of amides is 1. The molecule has 0 aliphatic carbocycles. The molecule has 0 fully saturated rings. The maximum absolute atomic E-state index is 11.3. The first-order valence-electron chi connectivity index (χ1n) is 5.72. The second-order valence-electron chi connectivity index (χ2n) is 4.16. The van der Waals surface area contributed by atoms with Gasteiger partial charge >= 0.3 is 0 Å². The molecule has 0 atom stereocenters. The number of carbonyl (C=O) groups is 1. The van der Waals surface area contributed by atoms with Gasteiger partial charge in [0.25, 0.3) is 5.91 Å². The summed E-state index contributed by atoms with van der Waals surface area (Å²) in [4.78, 5) is 16.8. The van der Waals surface area contributed by atoms with Crippen molar-refractivity contribution >= 4 is 22.9 Å². The number of rotatable bonds is 4. The number of nitrogen functional groups attached to an aromatic ring is 1. The van der Waals surface area contributed by atoms with Crippen LogP contribution in [0.5, 0.6) is 5.75 Å². The van der Waals surface area contributed by atoms with Gasteiger partial charge in [-0.3, -0.25) is 4.79 Å².